The normalized spacial score (nSPS) is 15.0. The van der Waals surface area contributed by atoms with Crippen molar-refractivity contribution in [3.05, 3.63) is 69.0 Å². The molecule has 1 fully saturated rings. The molecular weight excluding hydrogens is 402 g/mol. The van der Waals surface area contributed by atoms with Crippen LogP contribution in [0.2, 0.25) is 5.02 Å². The van der Waals surface area contributed by atoms with Crippen molar-refractivity contribution in [2.24, 2.45) is 5.92 Å². The molecule has 158 valence electrons. The number of pyridine rings is 1. The number of benzene rings is 1. The van der Waals surface area contributed by atoms with Crippen LogP contribution in [0.3, 0.4) is 0 Å². The molecule has 2 aromatic heterocycles. The Hall–Kier alpha value is -2.32. The van der Waals surface area contributed by atoms with Gasteiger partial charge in [0.15, 0.2) is 0 Å². The quantitative estimate of drug-likeness (QED) is 0.512. The highest BCUT2D eigenvalue weighted by Gasteiger charge is 2.14. The molecule has 0 amide bonds. The minimum atomic E-state index is -0.182. The first-order valence-corrected chi connectivity index (χ1v) is 10.7. The Morgan fingerprint density at radius 1 is 1.17 bits per heavy atom. The Kier molecular flexibility index (Phi) is 7.07. The fourth-order valence-electron chi connectivity index (χ4n) is 3.72. The minimum Gasteiger partial charge on any atom is -0.369 e. The van der Waals surface area contributed by atoms with E-state index < -0.39 is 0 Å². The maximum atomic E-state index is 12.5. The van der Waals surface area contributed by atoms with Crippen molar-refractivity contribution in [2.75, 3.05) is 19.6 Å². The van der Waals surface area contributed by atoms with Crippen molar-refractivity contribution in [3.63, 3.8) is 0 Å². The third-order valence-corrected chi connectivity index (χ3v) is 5.76. The van der Waals surface area contributed by atoms with E-state index in [2.05, 4.69) is 25.6 Å². The van der Waals surface area contributed by atoms with E-state index in [0.29, 0.717) is 40.8 Å². The van der Waals surface area contributed by atoms with E-state index in [9.17, 15) is 4.79 Å². The van der Waals surface area contributed by atoms with Gasteiger partial charge in [-0.15, -0.1) is 0 Å². The zero-order chi connectivity index (χ0) is 20.8. The van der Waals surface area contributed by atoms with E-state index in [-0.39, 0.29) is 12.2 Å². The zero-order valence-corrected chi connectivity index (χ0v) is 17.5. The monoisotopic (exact) mass is 427 g/mol. The van der Waals surface area contributed by atoms with Gasteiger partial charge >= 0.3 is 0 Å². The fourth-order valence-corrected chi connectivity index (χ4v) is 3.91. The summed E-state index contributed by atoms with van der Waals surface area (Å²) in [6.07, 6.45) is 4.02. The van der Waals surface area contributed by atoms with Gasteiger partial charge in [-0.05, 0) is 56.1 Å². The molecule has 30 heavy (non-hydrogen) atoms. The standard InChI is InChI=1S/C22H26ClN5O2/c23-18-4-2-1-3-16(18)13-30-14-20-27-21-17(22(29)28-20)7-10-26-19(21)12-25-11-15-5-8-24-9-6-15/h1-4,7,10,15,24-25H,5-6,8-9,11-14H2,(H,27,28,29). The molecule has 3 aromatic rings. The second-order valence-corrected chi connectivity index (χ2v) is 7.98. The van der Waals surface area contributed by atoms with E-state index in [1.54, 1.807) is 12.3 Å². The van der Waals surface area contributed by atoms with Crippen LogP contribution in [-0.4, -0.2) is 34.6 Å². The van der Waals surface area contributed by atoms with Crippen molar-refractivity contribution in [1.29, 1.82) is 0 Å². The molecule has 0 aliphatic carbocycles. The third kappa shape index (κ3) is 5.23. The minimum absolute atomic E-state index is 0.182. The number of aromatic amines is 1. The summed E-state index contributed by atoms with van der Waals surface area (Å²) in [4.78, 5) is 24.4. The first-order valence-electron chi connectivity index (χ1n) is 10.3. The van der Waals surface area contributed by atoms with Crippen LogP contribution in [0.1, 0.15) is 29.9 Å². The largest absolute Gasteiger partial charge is 0.369 e. The third-order valence-electron chi connectivity index (χ3n) is 5.39. The maximum Gasteiger partial charge on any atom is 0.258 e. The molecule has 1 aromatic carbocycles. The summed E-state index contributed by atoms with van der Waals surface area (Å²) in [6.45, 7) is 4.21. The van der Waals surface area contributed by atoms with E-state index in [0.717, 1.165) is 30.9 Å². The van der Waals surface area contributed by atoms with Crippen molar-refractivity contribution in [1.82, 2.24) is 25.6 Å². The predicted octanol–water partition coefficient (Wildman–Crippen LogP) is 2.78. The lowest BCUT2D eigenvalue weighted by Gasteiger charge is -2.22. The van der Waals surface area contributed by atoms with Gasteiger partial charge in [0.1, 0.15) is 17.9 Å². The van der Waals surface area contributed by atoms with Crippen molar-refractivity contribution in [3.8, 4) is 0 Å². The number of hydrogen-bond donors (Lipinski definition) is 3. The molecule has 3 heterocycles. The summed E-state index contributed by atoms with van der Waals surface area (Å²) in [7, 11) is 0. The average molecular weight is 428 g/mol. The van der Waals surface area contributed by atoms with Gasteiger partial charge in [-0.2, -0.15) is 0 Å². The molecule has 0 atom stereocenters. The Morgan fingerprint density at radius 2 is 2.00 bits per heavy atom. The smallest absolute Gasteiger partial charge is 0.258 e. The number of fused-ring (bicyclic) bond motifs is 1. The van der Waals surface area contributed by atoms with Gasteiger partial charge in [0, 0.05) is 17.8 Å². The number of aromatic nitrogens is 3. The van der Waals surface area contributed by atoms with Crippen LogP contribution >= 0.6 is 11.6 Å². The van der Waals surface area contributed by atoms with Gasteiger partial charge in [-0.3, -0.25) is 9.78 Å². The molecule has 7 nitrogen and oxygen atoms in total. The Morgan fingerprint density at radius 3 is 2.83 bits per heavy atom. The highest BCUT2D eigenvalue weighted by atomic mass is 35.5. The Balaban J connectivity index is 1.43. The summed E-state index contributed by atoms with van der Waals surface area (Å²) in [5.74, 6) is 1.15. The molecular formula is C22H26ClN5O2. The summed E-state index contributed by atoms with van der Waals surface area (Å²) in [5, 5.41) is 8.06. The van der Waals surface area contributed by atoms with Crippen LogP contribution in [-0.2, 0) is 24.5 Å². The number of piperidine rings is 1. The van der Waals surface area contributed by atoms with Gasteiger partial charge in [0.2, 0.25) is 0 Å². The first-order chi connectivity index (χ1) is 14.7. The van der Waals surface area contributed by atoms with Crippen molar-refractivity contribution in [2.45, 2.75) is 32.6 Å². The lowest BCUT2D eigenvalue weighted by Crippen LogP contribution is -2.33. The number of hydrogen-bond acceptors (Lipinski definition) is 6. The SMILES string of the molecule is O=c1[nH]c(COCc2ccccc2Cl)nc2c(CNCC3CCNCC3)nccc12. The van der Waals surface area contributed by atoms with Gasteiger partial charge in [-0.1, -0.05) is 29.8 Å². The van der Waals surface area contributed by atoms with E-state index in [1.165, 1.54) is 12.8 Å². The van der Waals surface area contributed by atoms with Gasteiger partial charge in [0.05, 0.1) is 17.7 Å². The molecule has 8 heteroatoms. The van der Waals surface area contributed by atoms with Gasteiger partial charge in [0.25, 0.3) is 5.56 Å². The number of ether oxygens (including phenoxy) is 1. The molecule has 4 rings (SSSR count). The number of nitrogens with zero attached hydrogens (tertiary/aromatic N) is 2. The van der Waals surface area contributed by atoms with E-state index in [4.69, 9.17) is 16.3 Å². The van der Waals surface area contributed by atoms with Crippen LogP contribution in [0, 0.1) is 5.92 Å². The fraction of sp³-hybridized carbons (Fsp3) is 0.409. The summed E-state index contributed by atoms with van der Waals surface area (Å²) >= 11 is 6.16. The summed E-state index contributed by atoms with van der Waals surface area (Å²) in [5.41, 5.74) is 2.11. The second-order valence-electron chi connectivity index (χ2n) is 7.57. The zero-order valence-electron chi connectivity index (χ0n) is 16.8. The van der Waals surface area contributed by atoms with Crippen molar-refractivity contribution < 1.29 is 4.74 Å². The molecule has 0 unspecified atom stereocenters. The number of halogens is 1. The maximum absolute atomic E-state index is 12.5. The lowest BCUT2D eigenvalue weighted by molar-refractivity contribution is 0.102. The topological polar surface area (TPSA) is 91.9 Å². The summed E-state index contributed by atoms with van der Waals surface area (Å²) in [6, 6.07) is 9.23. The van der Waals surface area contributed by atoms with E-state index in [1.807, 2.05) is 24.3 Å². The number of rotatable bonds is 8. The van der Waals surface area contributed by atoms with Crippen LogP contribution in [0.25, 0.3) is 10.9 Å². The molecule has 0 radical (unpaired) electrons. The van der Waals surface area contributed by atoms with Crippen molar-refractivity contribution >= 4 is 22.5 Å². The first kappa shape index (κ1) is 20.9. The van der Waals surface area contributed by atoms with Crippen LogP contribution in [0.15, 0.2) is 41.3 Å². The molecule has 0 spiro atoms. The molecule has 3 N–H and O–H groups in total. The number of H-pyrrole nitrogens is 1. The Labute approximate surface area is 180 Å². The molecule has 1 saturated heterocycles. The van der Waals surface area contributed by atoms with Crippen LogP contribution < -0.4 is 16.2 Å². The number of nitrogens with one attached hydrogen (secondary N) is 3. The Bertz CT molecular complexity index is 1050. The molecule has 1 aliphatic rings. The predicted molar refractivity (Wildman–Crippen MR) is 117 cm³/mol. The molecule has 0 saturated carbocycles. The van der Waals surface area contributed by atoms with Crippen LogP contribution in [0.4, 0.5) is 0 Å². The van der Waals surface area contributed by atoms with Crippen LogP contribution in [0.5, 0.6) is 0 Å². The summed E-state index contributed by atoms with van der Waals surface area (Å²) < 4.78 is 5.73. The average Bonchev–Trinajstić information content (AvgIpc) is 2.76. The second kappa shape index (κ2) is 10.1. The highest BCUT2D eigenvalue weighted by molar-refractivity contribution is 6.31. The van der Waals surface area contributed by atoms with E-state index >= 15 is 0 Å². The van der Waals surface area contributed by atoms with Gasteiger partial charge < -0.3 is 20.4 Å². The molecule has 1 aliphatic heterocycles. The molecule has 0 bridgehead atoms. The highest BCUT2D eigenvalue weighted by Crippen LogP contribution is 2.17. The lowest BCUT2D eigenvalue weighted by atomic mass is 9.98. The van der Waals surface area contributed by atoms with Gasteiger partial charge in [-0.25, -0.2) is 4.98 Å².